The summed E-state index contributed by atoms with van der Waals surface area (Å²) in [5, 5.41) is 5.86. The second-order valence-electron chi connectivity index (χ2n) is 6.67. The topological polar surface area (TPSA) is 71.2 Å². The summed E-state index contributed by atoms with van der Waals surface area (Å²) in [4.78, 5) is 19.0. The molecule has 5 nitrogen and oxygen atoms in total. The van der Waals surface area contributed by atoms with Gasteiger partial charge in [0.25, 0.3) is 5.91 Å². The fraction of sp³-hybridized carbons (Fsp3) is 0.750. The molecule has 0 saturated heterocycles. The molecule has 1 saturated carbocycles. The SMILES string of the molecule is CC1CCCC(CNC(=O)c2csc(CCN)n2)(N(C)C)C1. The number of amides is 1. The van der Waals surface area contributed by atoms with Crippen molar-refractivity contribution >= 4 is 17.2 Å². The van der Waals surface area contributed by atoms with Crippen molar-refractivity contribution in [3.63, 3.8) is 0 Å². The summed E-state index contributed by atoms with van der Waals surface area (Å²) in [6.07, 6.45) is 5.53. The number of likely N-dealkylation sites (N-methyl/N-ethyl adjacent to an activating group) is 1. The Morgan fingerprint density at radius 2 is 2.36 bits per heavy atom. The van der Waals surface area contributed by atoms with E-state index < -0.39 is 0 Å². The molecule has 0 radical (unpaired) electrons. The van der Waals surface area contributed by atoms with Crippen LogP contribution in [-0.4, -0.2) is 48.5 Å². The lowest BCUT2D eigenvalue weighted by Gasteiger charge is -2.45. The molecular formula is C16H28N4OS. The number of nitrogens with two attached hydrogens (primary N) is 1. The van der Waals surface area contributed by atoms with Crippen LogP contribution < -0.4 is 11.1 Å². The fourth-order valence-electron chi connectivity index (χ4n) is 3.35. The van der Waals surface area contributed by atoms with E-state index in [1.165, 1.54) is 24.2 Å². The number of nitrogens with zero attached hydrogens (tertiary/aromatic N) is 2. The summed E-state index contributed by atoms with van der Waals surface area (Å²) < 4.78 is 0. The van der Waals surface area contributed by atoms with Crippen molar-refractivity contribution in [1.82, 2.24) is 15.2 Å². The minimum absolute atomic E-state index is 0.0704. The standard InChI is InChI=1S/C16H28N4OS/c1-12-5-4-7-16(9-12,20(2)3)11-18-15(21)13-10-22-14(19-13)6-8-17/h10,12H,4-9,11,17H2,1-3H3,(H,18,21). The number of rotatable bonds is 6. The molecule has 1 aromatic heterocycles. The van der Waals surface area contributed by atoms with E-state index in [1.807, 2.05) is 5.38 Å². The molecule has 0 spiro atoms. The molecule has 1 fully saturated rings. The van der Waals surface area contributed by atoms with E-state index in [9.17, 15) is 4.79 Å². The molecule has 1 aromatic rings. The maximum atomic E-state index is 12.3. The van der Waals surface area contributed by atoms with Crippen LogP contribution in [0.3, 0.4) is 0 Å². The Morgan fingerprint density at radius 3 is 3.00 bits per heavy atom. The lowest BCUT2D eigenvalue weighted by molar-refractivity contribution is 0.0673. The number of thiazole rings is 1. The highest BCUT2D eigenvalue weighted by molar-refractivity contribution is 7.09. The van der Waals surface area contributed by atoms with Crippen LogP contribution in [0.4, 0.5) is 0 Å². The van der Waals surface area contributed by atoms with Gasteiger partial charge in [-0.15, -0.1) is 11.3 Å². The summed E-state index contributed by atoms with van der Waals surface area (Å²) in [7, 11) is 4.23. The third-order valence-corrected chi connectivity index (χ3v) is 5.65. The second-order valence-corrected chi connectivity index (χ2v) is 7.61. The summed E-state index contributed by atoms with van der Waals surface area (Å²) in [5.74, 6) is 0.641. The Bertz CT molecular complexity index is 502. The van der Waals surface area contributed by atoms with Crippen LogP contribution in [0.5, 0.6) is 0 Å². The second kappa shape index (κ2) is 7.53. The number of hydrogen-bond acceptors (Lipinski definition) is 5. The van der Waals surface area contributed by atoms with Crippen LogP contribution in [0.1, 0.15) is 48.1 Å². The molecular weight excluding hydrogens is 296 g/mol. The Kier molecular flexibility index (Phi) is 5.94. The van der Waals surface area contributed by atoms with Crippen LogP contribution >= 0.6 is 11.3 Å². The van der Waals surface area contributed by atoms with Gasteiger partial charge in [-0.05, 0) is 39.4 Å². The predicted molar refractivity (Wildman–Crippen MR) is 91.3 cm³/mol. The van der Waals surface area contributed by atoms with E-state index >= 15 is 0 Å². The Hall–Kier alpha value is -0.980. The van der Waals surface area contributed by atoms with Gasteiger partial charge in [0.2, 0.25) is 0 Å². The van der Waals surface area contributed by atoms with Crippen molar-refractivity contribution in [2.75, 3.05) is 27.2 Å². The molecule has 1 amide bonds. The number of carbonyl (C=O) groups excluding carboxylic acids is 1. The largest absolute Gasteiger partial charge is 0.349 e. The summed E-state index contributed by atoms with van der Waals surface area (Å²) in [5.41, 5.74) is 6.12. The zero-order chi connectivity index (χ0) is 16.2. The molecule has 0 aromatic carbocycles. The smallest absolute Gasteiger partial charge is 0.270 e. The Morgan fingerprint density at radius 1 is 1.59 bits per heavy atom. The molecule has 0 aliphatic heterocycles. The maximum Gasteiger partial charge on any atom is 0.270 e. The Labute approximate surface area is 137 Å². The number of nitrogens with one attached hydrogen (secondary N) is 1. The third-order valence-electron chi connectivity index (χ3n) is 4.74. The highest BCUT2D eigenvalue weighted by atomic mass is 32.1. The average Bonchev–Trinajstić information content (AvgIpc) is 2.94. The molecule has 1 aliphatic carbocycles. The summed E-state index contributed by atoms with van der Waals surface area (Å²) >= 11 is 1.51. The van der Waals surface area contributed by atoms with E-state index in [0.717, 1.165) is 24.3 Å². The van der Waals surface area contributed by atoms with Gasteiger partial charge in [-0.25, -0.2) is 4.98 Å². The van der Waals surface area contributed by atoms with Crippen molar-refractivity contribution in [2.24, 2.45) is 11.7 Å². The molecule has 0 bridgehead atoms. The first kappa shape index (κ1) is 17.4. The van der Waals surface area contributed by atoms with Crippen LogP contribution in [0.25, 0.3) is 0 Å². The van der Waals surface area contributed by atoms with E-state index in [2.05, 4.69) is 36.2 Å². The van der Waals surface area contributed by atoms with Crippen LogP contribution in [0.15, 0.2) is 5.38 Å². The van der Waals surface area contributed by atoms with Gasteiger partial charge >= 0.3 is 0 Å². The monoisotopic (exact) mass is 324 g/mol. The minimum atomic E-state index is -0.0704. The zero-order valence-electron chi connectivity index (χ0n) is 13.9. The molecule has 2 rings (SSSR count). The van der Waals surface area contributed by atoms with E-state index in [-0.39, 0.29) is 11.4 Å². The highest BCUT2D eigenvalue weighted by Gasteiger charge is 2.37. The van der Waals surface area contributed by atoms with Crippen molar-refractivity contribution in [1.29, 1.82) is 0 Å². The number of carbonyl (C=O) groups is 1. The van der Waals surface area contributed by atoms with Crippen LogP contribution in [0, 0.1) is 5.92 Å². The van der Waals surface area contributed by atoms with Crippen molar-refractivity contribution in [3.8, 4) is 0 Å². The number of aromatic nitrogens is 1. The van der Waals surface area contributed by atoms with Gasteiger partial charge in [0.15, 0.2) is 0 Å². The molecule has 1 aliphatic rings. The van der Waals surface area contributed by atoms with Gasteiger partial charge in [0.1, 0.15) is 5.69 Å². The van der Waals surface area contributed by atoms with Gasteiger partial charge in [0, 0.05) is 23.9 Å². The lowest BCUT2D eigenvalue weighted by atomic mass is 9.75. The quantitative estimate of drug-likeness (QED) is 0.838. The zero-order valence-corrected chi connectivity index (χ0v) is 14.7. The lowest BCUT2D eigenvalue weighted by Crippen LogP contribution is -2.55. The molecule has 2 atom stereocenters. The molecule has 124 valence electrons. The van der Waals surface area contributed by atoms with Crippen LogP contribution in [-0.2, 0) is 6.42 Å². The number of hydrogen-bond donors (Lipinski definition) is 2. The van der Waals surface area contributed by atoms with Crippen molar-refractivity contribution in [3.05, 3.63) is 16.1 Å². The predicted octanol–water partition coefficient (Wildman–Crippen LogP) is 1.88. The van der Waals surface area contributed by atoms with E-state index in [0.29, 0.717) is 24.7 Å². The fourth-order valence-corrected chi connectivity index (χ4v) is 4.14. The van der Waals surface area contributed by atoms with E-state index in [1.54, 1.807) is 0 Å². The van der Waals surface area contributed by atoms with Crippen molar-refractivity contribution in [2.45, 2.75) is 44.6 Å². The highest BCUT2D eigenvalue weighted by Crippen LogP contribution is 2.35. The average molecular weight is 324 g/mol. The van der Waals surface area contributed by atoms with Gasteiger partial charge in [0.05, 0.1) is 5.01 Å². The molecule has 2 unspecified atom stereocenters. The van der Waals surface area contributed by atoms with Crippen molar-refractivity contribution < 1.29 is 4.79 Å². The first-order valence-electron chi connectivity index (χ1n) is 8.07. The van der Waals surface area contributed by atoms with Crippen LogP contribution in [0.2, 0.25) is 0 Å². The first-order chi connectivity index (χ1) is 10.5. The first-order valence-corrected chi connectivity index (χ1v) is 8.95. The molecule has 22 heavy (non-hydrogen) atoms. The van der Waals surface area contributed by atoms with Gasteiger partial charge in [-0.1, -0.05) is 19.8 Å². The molecule has 3 N–H and O–H groups in total. The maximum absolute atomic E-state index is 12.3. The van der Waals surface area contributed by atoms with Gasteiger partial charge < -0.3 is 16.0 Å². The minimum Gasteiger partial charge on any atom is -0.349 e. The molecule has 6 heteroatoms. The molecule has 1 heterocycles. The van der Waals surface area contributed by atoms with E-state index in [4.69, 9.17) is 5.73 Å². The summed E-state index contributed by atoms with van der Waals surface area (Å²) in [6.45, 7) is 3.56. The normalized spacial score (nSPS) is 25.4. The Balaban J connectivity index is 1.98. The van der Waals surface area contributed by atoms with Gasteiger partial charge in [-0.3, -0.25) is 4.79 Å². The third kappa shape index (κ3) is 4.06. The summed E-state index contributed by atoms with van der Waals surface area (Å²) in [6, 6.07) is 0. The van der Waals surface area contributed by atoms with Gasteiger partial charge in [-0.2, -0.15) is 0 Å².